The zero-order valence-corrected chi connectivity index (χ0v) is 27.6. The van der Waals surface area contributed by atoms with E-state index in [0.29, 0.717) is 11.3 Å². The van der Waals surface area contributed by atoms with Crippen LogP contribution in [-0.2, 0) is 16.0 Å². The summed E-state index contributed by atoms with van der Waals surface area (Å²) in [5.41, 5.74) is 2.06. The lowest BCUT2D eigenvalue weighted by Crippen LogP contribution is -2.28. The molecule has 0 heterocycles. The van der Waals surface area contributed by atoms with Gasteiger partial charge in [-0.25, -0.2) is 4.79 Å². The number of ether oxygens (including phenoxy) is 2. The summed E-state index contributed by atoms with van der Waals surface area (Å²) in [4.78, 5) is 27.5. The van der Waals surface area contributed by atoms with Crippen molar-refractivity contribution in [2.24, 2.45) is 0 Å². The minimum Gasteiger partial charge on any atom is -0.494 e. The molecule has 0 unspecified atom stereocenters. The predicted molar refractivity (Wildman–Crippen MR) is 178 cm³/mol. The summed E-state index contributed by atoms with van der Waals surface area (Å²) in [6, 6.07) is 13.2. The van der Waals surface area contributed by atoms with Crippen LogP contribution in [0.15, 0.2) is 47.4 Å². The molecule has 0 fully saturated rings. The van der Waals surface area contributed by atoms with Crippen LogP contribution in [0, 0.1) is 0 Å². The number of rotatable bonds is 23. The molecule has 0 aromatic heterocycles. The molecule has 1 amide bonds. The molecule has 6 heteroatoms. The lowest BCUT2D eigenvalue weighted by Gasteiger charge is -2.19. The maximum atomic E-state index is 12.9. The molecule has 2 aromatic carbocycles. The van der Waals surface area contributed by atoms with Crippen molar-refractivity contribution in [3.8, 4) is 5.75 Å². The molecule has 0 spiro atoms. The monoisotopic (exact) mass is 597 g/mol. The van der Waals surface area contributed by atoms with E-state index in [1.807, 2.05) is 42.7 Å². The van der Waals surface area contributed by atoms with E-state index in [1.165, 1.54) is 115 Å². The topological polar surface area (TPSA) is 55.8 Å². The third kappa shape index (κ3) is 14.1. The van der Waals surface area contributed by atoms with Gasteiger partial charge in [0.05, 0.1) is 25.7 Å². The average Bonchev–Trinajstić information content (AvgIpc) is 3.02. The number of unbranched alkanes of at least 4 members (excludes halogenated alkanes) is 15. The molecule has 0 radical (unpaired) electrons. The molecule has 0 aliphatic rings. The number of nitrogens with zero attached hydrogens (tertiary/aromatic N) is 1. The van der Waals surface area contributed by atoms with Crippen LogP contribution in [0.3, 0.4) is 0 Å². The summed E-state index contributed by atoms with van der Waals surface area (Å²) in [7, 11) is 3.09. The standard InChI is InChI=1S/C36H55NO4S/c1-5-6-7-8-9-10-11-12-13-14-15-16-17-18-19-20-27-41-32-24-21-30(22-25-32)28-35(38)37(2)31-23-26-34(42-4)33(29-31)36(39)40-3/h21-26,29H,5-20,27-28H2,1-4H3. The van der Waals surface area contributed by atoms with E-state index in [1.54, 1.807) is 18.0 Å². The fraction of sp³-hybridized carbons (Fsp3) is 0.611. The van der Waals surface area contributed by atoms with Crippen molar-refractivity contribution in [2.75, 3.05) is 31.9 Å². The Labute approximate surface area is 260 Å². The Morgan fingerprint density at radius 2 is 1.26 bits per heavy atom. The molecule has 0 bridgehead atoms. The number of likely N-dealkylation sites (N-methyl/N-ethyl adjacent to an activating group) is 1. The quantitative estimate of drug-likeness (QED) is 0.0725. The maximum Gasteiger partial charge on any atom is 0.339 e. The SMILES string of the molecule is CCCCCCCCCCCCCCCCCCOc1ccc(CC(=O)N(C)c2ccc(SC)c(C(=O)OC)c2)cc1. The van der Waals surface area contributed by atoms with Crippen molar-refractivity contribution in [1.82, 2.24) is 0 Å². The number of benzene rings is 2. The zero-order chi connectivity index (χ0) is 30.4. The Hall–Kier alpha value is -2.47. The molecular weight excluding hydrogens is 542 g/mol. The molecule has 0 atom stereocenters. The van der Waals surface area contributed by atoms with Gasteiger partial charge in [-0.05, 0) is 48.6 Å². The fourth-order valence-electron chi connectivity index (χ4n) is 5.15. The number of esters is 1. The van der Waals surface area contributed by atoms with Crippen LogP contribution in [0.1, 0.15) is 126 Å². The van der Waals surface area contributed by atoms with Crippen LogP contribution >= 0.6 is 11.8 Å². The molecule has 5 nitrogen and oxygen atoms in total. The van der Waals surface area contributed by atoms with Crippen LogP contribution in [0.4, 0.5) is 5.69 Å². The third-order valence-electron chi connectivity index (χ3n) is 7.90. The van der Waals surface area contributed by atoms with E-state index in [9.17, 15) is 9.59 Å². The molecule has 0 saturated heterocycles. The van der Waals surface area contributed by atoms with Crippen molar-refractivity contribution >= 4 is 29.3 Å². The highest BCUT2D eigenvalue weighted by Crippen LogP contribution is 2.27. The van der Waals surface area contributed by atoms with Crippen LogP contribution in [0.2, 0.25) is 0 Å². The van der Waals surface area contributed by atoms with Gasteiger partial charge in [0.15, 0.2) is 0 Å². The number of amides is 1. The van der Waals surface area contributed by atoms with Gasteiger partial charge in [-0.15, -0.1) is 11.8 Å². The van der Waals surface area contributed by atoms with Crippen LogP contribution in [0.25, 0.3) is 0 Å². The smallest absolute Gasteiger partial charge is 0.339 e. The van der Waals surface area contributed by atoms with Crippen LogP contribution in [0.5, 0.6) is 5.75 Å². The number of anilines is 1. The highest BCUT2D eigenvalue weighted by Gasteiger charge is 2.17. The van der Waals surface area contributed by atoms with Gasteiger partial charge in [-0.3, -0.25) is 4.79 Å². The van der Waals surface area contributed by atoms with Gasteiger partial charge < -0.3 is 14.4 Å². The Balaban J connectivity index is 1.55. The predicted octanol–water partition coefficient (Wildman–Crippen LogP) is 10.0. The number of carbonyl (C=O) groups excluding carboxylic acids is 2. The summed E-state index contributed by atoms with van der Waals surface area (Å²) in [5, 5.41) is 0. The van der Waals surface area contributed by atoms with Crippen molar-refractivity contribution in [1.29, 1.82) is 0 Å². The van der Waals surface area contributed by atoms with Crippen molar-refractivity contribution in [3.63, 3.8) is 0 Å². The molecule has 0 saturated carbocycles. The first-order chi connectivity index (χ1) is 20.5. The molecule has 2 aromatic rings. The molecule has 0 aliphatic heterocycles. The van der Waals surface area contributed by atoms with Crippen molar-refractivity contribution in [3.05, 3.63) is 53.6 Å². The zero-order valence-electron chi connectivity index (χ0n) is 26.8. The second-order valence-corrected chi connectivity index (χ2v) is 12.1. The number of methoxy groups -OCH3 is 1. The summed E-state index contributed by atoms with van der Waals surface area (Å²) in [6.45, 7) is 3.01. The summed E-state index contributed by atoms with van der Waals surface area (Å²) in [6.07, 6.45) is 24.0. The van der Waals surface area contributed by atoms with E-state index in [-0.39, 0.29) is 12.3 Å². The van der Waals surface area contributed by atoms with E-state index in [0.717, 1.165) is 29.2 Å². The number of carbonyl (C=O) groups is 2. The highest BCUT2D eigenvalue weighted by molar-refractivity contribution is 7.98. The van der Waals surface area contributed by atoms with Gasteiger partial charge in [-0.1, -0.05) is 115 Å². The lowest BCUT2D eigenvalue weighted by atomic mass is 10.0. The van der Waals surface area contributed by atoms with Crippen LogP contribution < -0.4 is 9.64 Å². The maximum absolute atomic E-state index is 12.9. The van der Waals surface area contributed by atoms with E-state index in [4.69, 9.17) is 9.47 Å². The van der Waals surface area contributed by atoms with Gasteiger partial charge in [0.1, 0.15) is 5.75 Å². The first-order valence-corrected chi connectivity index (χ1v) is 17.5. The molecule has 42 heavy (non-hydrogen) atoms. The van der Waals surface area contributed by atoms with E-state index >= 15 is 0 Å². The molecule has 0 N–H and O–H groups in total. The second-order valence-electron chi connectivity index (χ2n) is 11.3. The Kier molecular flexibility index (Phi) is 18.8. The second kappa shape index (κ2) is 22.1. The largest absolute Gasteiger partial charge is 0.494 e. The average molecular weight is 598 g/mol. The van der Waals surface area contributed by atoms with Gasteiger partial charge in [0.25, 0.3) is 0 Å². The summed E-state index contributed by atoms with van der Waals surface area (Å²) in [5.74, 6) is 0.387. The molecule has 0 aliphatic carbocycles. The Morgan fingerprint density at radius 3 is 1.76 bits per heavy atom. The Morgan fingerprint density at radius 1 is 0.738 bits per heavy atom. The first-order valence-electron chi connectivity index (χ1n) is 16.2. The van der Waals surface area contributed by atoms with E-state index in [2.05, 4.69) is 6.92 Å². The minimum absolute atomic E-state index is 0.0513. The van der Waals surface area contributed by atoms with Gasteiger partial charge >= 0.3 is 5.97 Å². The highest BCUT2D eigenvalue weighted by atomic mass is 32.2. The minimum atomic E-state index is -0.405. The lowest BCUT2D eigenvalue weighted by molar-refractivity contribution is -0.117. The van der Waals surface area contributed by atoms with Gasteiger partial charge in [-0.2, -0.15) is 0 Å². The van der Waals surface area contributed by atoms with Crippen molar-refractivity contribution < 1.29 is 19.1 Å². The summed E-state index contributed by atoms with van der Waals surface area (Å²) < 4.78 is 10.8. The van der Waals surface area contributed by atoms with Gasteiger partial charge in [0.2, 0.25) is 5.91 Å². The number of thioether (sulfide) groups is 1. The summed E-state index contributed by atoms with van der Waals surface area (Å²) >= 11 is 1.47. The first kappa shape index (κ1) is 35.7. The fourth-order valence-corrected chi connectivity index (χ4v) is 5.72. The molecule has 234 valence electrons. The number of hydrogen-bond acceptors (Lipinski definition) is 5. The molecular formula is C36H55NO4S. The molecule has 2 rings (SSSR count). The Bertz CT molecular complexity index is 1020. The van der Waals surface area contributed by atoms with Crippen LogP contribution in [-0.4, -0.2) is 38.9 Å². The van der Waals surface area contributed by atoms with Gasteiger partial charge in [0, 0.05) is 17.6 Å². The number of hydrogen-bond donors (Lipinski definition) is 0. The third-order valence-corrected chi connectivity index (χ3v) is 8.69. The van der Waals surface area contributed by atoms with E-state index < -0.39 is 5.97 Å². The van der Waals surface area contributed by atoms with Crippen molar-refractivity contribution in [2.45, 2.75) is 121 Å². The normalized spacial score (nSPS) is 11.0.